The molecule has 1 heterocycles. The fourth-order valence-electron chi connectivity index (χ4n) is 2.88. The quantitative estimate of drug-likeness (QED) is 0.776. The maximum atomic E-state index is 12.5. The van der Waals surface area contributed by atoms with Crippen LogP contribution in [0.25, 0.3) is 0 Å². The maximum Gasteiger partial charge on any atom is 0.306 e. The predicted octanol–water partition coefficient (Wildman–Crippen LogP) is 2.38. The lowest BCUT2D eigenvalue weighted by Crippen LogP contribution is -2.40. The van der Waals surface area contributed by atoms with E-state index < -0.39 is 5.97 Å². The van der Waals surface area contributed by atoms with Crippen LogP contribution in [0, 0.1) is 5.92 Å². The molecule has 2 N–H and O–H groups in total. The standard InChI is InChI=1S/C19H26N2O5/c1-13(26-2)3-8-17(22)20-16-6-4-14(5-7-16)18(23)21-11-9-15(10-12-21)19(24)25/h4-7,13,15H,3,8-12H2,1-2H3,(H,20,22)(H,24,25). The zero-order valence-electron chi connectivity index (χ0n) is 15.2. The summed E-state index contributed by atoms with van der Waals surface area (Å²) in [5, 5.41) is 11.8. The number of likely N-dealkylation sites (tertiary alicyclic amines) is 1. The van der Waals surface area contributed by atoms with E-state index in [0.29, 0.717) is 50.0 Å². The predicted molar refractivity (Wildman–Crippen MR) is 97.0 cm³/mol. The number of rotatable bonds is 7. The molecule has 142 valence electrons. The molecule has 26 heavy (non-hydrogen) atoms. The van der Waals surface area contributed by atoms with Crippen LogP contribution in [0.2, 0.25) is 0 Å². The van der Waals surface area contributed by atoms with Gasteiger partial charge in [0, 0.05) is 37.9 Å². The van der Waals surface area contributed by atoms with E-state index in [-0.39, 0.29) is 23.8 Å². The molecular weight excluding hydrogens is 336 g/mol. The van der Waals surface area contributed by atoms with Gasteiger partial charge in [0.05, 0.1) is 12.0 Å². The summed E-state index contributed by atoms with van der Waals surface area (Å²) < 4.78 is 5.12. The van der Waals surface area contributed by atoms with Crippen LogP contribution in [-0.4, -0.2) is 54.1 Å². The van der Waals surface area contributed by atoms with Crippen LogP contribution in [0.3, 0.4) is 0 Å². The monoisotopic (exact) mass is 362 g/mol. The topological polar surface area (TPSA) is 95.9 Å². The second-order valence-corrected chi connectivity index (χ2v) is 6.62. The lowest BCUT2D eigenvalue weighted by Gasteiger charge is -2.30. The highest BCUT2D eigenvalue weighted by Crippen LogP contribution is 2.20. The minimum Gasteiger partial charge on any atom is -0.481 e. The van der Waals surface area contributed by atoms with Crippen molar-refractivity contribution in [2.24, 2.45) is 5.92 Å². The zero-order chi connectivity index (χ0) is 19.1. The van der Waals surface area contributed by atoms with Gasteiger partial charge in [-0.3, -0.25) is 14.4 Å². The number of carboxylic acids is 1. The van der Waals surface area contributed by atoms with Crippen molar-refractivity contribution in [1.82, 2.24) is 4.90 Å². The highest BCUT2D eigenvalue weighted by Gasteiger charge is 2.27. The van der Waals surface area contributed by atoms with Gasteiger partial charge >= 0.3 is 5.97 Å². The molecule has 7 nitrogen and oxygen atoms in total. The zero-order valence-corrected chi connectivity index (χ0v) is 15.2. The van der Waals surface area contributed by atoms with Gasteiger partial charge in [-0.05, 0) is 50.5 Å². The largest absolute Gasteiger partial charge is 0.481 e. The van der Waals surface area contributed by atoms with E-state index in [1.807, 2.05) is 6.92 Å². The summed E-state index contributed by atoms with van der Waals surface area (Å²) in [5.41, 5.74) is 1.17. The van der Waals surface area contributed by atoms with E-state index in [1.54, 1.807) is 36.3 Å². The van der Waals surface area contributed by atoms with Crippen LogP contribution in [0.5, 0.6) is 0 Å². The Labute approximate surface area is 153 Å². The number of ether oxygens (including phenoxy) is 1. The van der Waals surface area contributed by atoms with Crippen LogP contribution >= 0.6 is 0 Å². The number of aliphatic carboxylic acids is 1. The van der Waals surface area contributed by atoms with Crippen molar-refractivity contribution in [2.45, 2.75) is 38.7 Å². The first kappa shape index (κ1) is 19.9. The molecule has 2 amide bonds. The van der Waals surface area contributed by atoms with Crippen molar-refractivity contribution in [3.63, 3.8) is 0 Å². The molecule has 0 radical (unpaired) electrons. The molecule has 1 fully saturated rings. The summed E-state index contributed by atoms with van der Waals surface area (Å²) in [6.07, 6.45) is 2.01. The van der Waals surface area contributed by atoms with Gasteiger partial charge in [-0.25, -0.2) is 0 Å². The molecule has 1 aromatic rings. The van der Waals surface area contributed by atoms with Gasteiger partial charge in [0.15, 0.2) is 0 Å². The number of hydrogen-bond acceptors (Lipinski definition) is 4. The number of nitrogens with zero attached hydrogens (tertiary/aromatic N) is 1. The maximum absolute atomic E-state index is 12.5. The summed E-state index contributed by atoms with van der Waals surface area (Å²) >= 11 is 0. The first-order valence-electron chi connectivity index (χ1n) is 8.85. The van der Waals surface area contributed by atoms with E-state index in [1.165, 1.54) is 0 Å². The van der Waals surface area contributed by atoms with Gasteiger partial charge in [-0.15, -0.1) is 0 Å². The summed E-state index contributed by atoms with van der Waals surface area (Å²) in [6.45, 7) is 2.81. The van der Waals surface area contributed by atoms with Crippen molar-refractivity contribution >= 4 is 23.5 Å². The van der Waals surface area contributed by atoms with Crippen molar-refractivity contribution in [3.8, 4) is 0 Å². The smallest absolute Gasteiger partial charge is 0.306 e. The third-order valence-corrected chi connectivity index (χ3v) is 4.73. The third-order valence-electron chi connectivity index (χ3n) is 4.73. The van der Waals surface area contributed by atoms with Crippen LogP contribution in [0.15, 0.2) is 24.3 Å². The number of carbonyl (C=O) groups excluding carboxylic acids is 2. The lowest BCUT2D eigenvalue weighted by molar-refractivity contribution is -0.143. The SMILES string of the molecule is COC(C)CCC(=O)Nc1ccc(C(=O)N2CCC(C(=O)O)CC2)cc1. The molecule has 1 unspecified atom stereocenters. The average Bonchev–Trinajstić information content (AvgIpc) is 2.66. The molecule has 1 aliphatic heterocycles. The van der Waals surface area contributed by atoms with Crippen molar-refractivity contribution in [3.05, 3.63) is 29.8 Å². The van der Waals surface area contributed by atoms with Crippen molar-refractivity contribution < 1.29 is 24.2 Å². The Morgan fingerprint density at radius 2 is 1.85 bits per heavy atom. The third kappa shape index (κ3) is 5.56. The molecule has 0 aliphatic carbocycles. The molecular formula is C19H26N2O5. The van der Waals surface area contributed by atoms with E-state index in [4.69, 9.17) is 9.84 Å². The van der Waals surface area contributed by atoms with Gasteiger partial charge in [0.25, 0.3) is 5.91 Å². The molecule has 7 heteroatoms. The Hall–Kier alpha value is -2.41. The number of nitrogens with one attached hydrogen (secondary N) is 1. The number of hydrogen-bond donors (Lipinski definition) is 2. The molecule has 1 saturated heterocycles. The highest BCUT2D eigenvalue weighted by molar-refractivity contribution is 5.96. The van der Waals surface area contributed by atoms with Gasteiger partial charge in [0.2, 0.25) is 5.91 Å². The summed E-state index contributed by atoms with van der Waals surface area (Å²) in [6, 6.07) is 6.77. The minimum absolute atomic E-state index is 0.0333. The van der Waals surface area contributed by atoms with E-state index >= 15 is 0 Å². The number of methoxy groups -OCH3 is 1. The van der Waals surface area contributed by atoms with Gasteiger partial charge in [-0.2, -0.15) is 0 Å². The van der Waals surface area contributed by atoms with Gasteiger partial charge < -0.3 is 20.1 Å². The summed E-state index contributed by atoms with van der Waals surface area (Å²) in [5.74, 6) is -1.36. The Bertz CT molecular complexity index is 636. The Balaban J connectivity index is 1.86. The first-order valence-corrected chi connectivity index (χ1v) is 8.85. The number of benzene rings is 1. The van der Waals surface area contributed by atoms with Crippen LogP contribution in [0.4, 0.5) is 5.69 Å². The number of anilines is 1. The second-order valence-electron chi connectivity index (χ2n) is 6.62. The Morgan fingerprint density at radius 3 is 2.38 bits per heavy atom. The molecule has 0 bridgehead atoms. The number of amides is 2. The number of piperidine rings is 1. The molecule has 1 atom stereocenters. The molecule has 0 saturated carbocycles. The fourth-order valence-corrected chi connectivity index (χ4v) is 2.88. The van der Waals surface area contributed by atoms with E-state index in [0.717, 1.165) is 0 Å². The van der Waals surface area contributed by atoms with E-state index in [9.17, 15) is 14.4 Å². The molecule has 0 aromatic heterocycles. The van der Waals surface area contributed by atoms with Crippen LogP contribution in [-0.2, 0) is 14.3 Å². The van der Waals surface area contributed by atoms with Crippen LogP contribution in [0.1, 0.15) is 43.0 Å². The summed E-state index contributed by atoms with van der Waals surface area (Å²) in [4.78, 5) is 37.1. The molecule has 2 rings (SSSR count). The fraction of sp³-hybridized carbons (Fsp3) is 0.526. The number of carboxylic acid groups (broad SMARTS) is 1. The summed E-state index contributed by atoms with van der Waals surface area (Å²) in [7, 11) is 1.61. The molecule has 1 aromatic carbocycles. The minimum atomic E-state index is -0.794. The van der Waals surface area contributed by atoms with Gasteiger partial charge in [0.1, 0.15) is 0 Å². The van der Waals surface area contributed by atoms with Crippen molar-refractivity contribution in [2.75, 3.05) is 25.5 Å². The Morgan fingerprint density at radius 1 is 1.23 bits per heavy atom. The average molecular weight is 362 g/mol. The van der Waals surface area contributed by atoms with Crippen LogP contribution < -0.4 is 5.32 Å². The lowest BCUT2D eigenvalue weighted by atomic mass is 9.96. The molecule has 0 spiro atoms. The van der Waals surface area contributed by atoms with Crippen molar-refractivity contribution in [1.29, 1.82) is 0 Å². The Kier molecular flexibility index (Phi) is 7.15. The van der Waals surface area contributed by atoms with E-state index in [2.05, 4.69) is 5.32 Å². The number of carbonyl (C=O) groups is 3. The second kappa shape index (κ2) is 9.33. The normalized spacial score (nSPS) is 16.2. The first-order chi connectivity index (χ1) is 12.4. The van der Waals surface area contributed by atoms with Gasteiger partial charge in [-0.1, -0.05) is 0 Å². The molecule has 1 aliphatic rings. The highest BCUT2D eigenvalue weighted by atomic mass is 16.5.